The summed E-state index contributed by atoms with van der Waals surface area (Å²) in [5.74, 6) is -0.590. The summed E-state index contributed by atoms with van der Waals surface area (Å²) in [4.78, 5) is 10.2. The minimum Gasteiger partial charge on any atom is -0.366 e. The van der Waals surface area contributed by atoms with Crippen molar-refractivity contribution in [1.82, 2.24) is 0 Å². The molecule has 0 aromatic carbocycles. The highest BCUT2D eigenvalue weighted by atomic mass is 19.1. The van der Waals surface area contributed by atoms with Gasteiger partial charge in [-0.1, -0.05) is 12.7 Å². The van der Waals surface area contributed by atoms with E-state index in [0.29, 0.717) is 6.33 Å². The first kappa shape index (κ1) is 7.88. The number of allylic oxidation sites excluding steroid dienone is 1. The van der Waals surface area contributed by atoms with E-state index in [-0.39, 0.29) is 12.0 Å². The molecule has 0 aliphatic heterocycles. The molecule has 0 spiro atoms. The van der Waals surface area contributed by atoms with Crippen LogP contribution in [0.4, 0.5) is 4.39 Å². The van der Waals surface area contributed by atoms with Gasteiger partial charge in [-0.2, -0.15) is 0 Å². The van der Waals surface area contributed by atoms with Crippen molar-refractivity contribution in [3.8, 4) is 0 Å². The lowest BCUT2D eigenvalue weighted by Crippen LogP contribution is -2.12. The number of hydrogen-bond acceptors (Lipinski definition) is 1. The quantitative estimate of drug-likeness (QED) is 0.565. The Labute approximate surface area is 52.9 Å². The van der Waals surface area contributed by atoms with Crippen molar-refractivity contribution >= 4 is 5.91 Å². The minimum atomic E-state index is -0.590. The summed E-state index contributed by atoms with van der Waals surface area (Å²) in [5, 5.41) is 0. The lowest BCUT2D eigenvalue weighted by Gasteiger charge is -1.91. The van der Waals surface area contributed by atoms with Gasteiger partial charge >= 0.3 is 0 Å². The molecule has 2 N–H and O–H groups in total. The molecule has 0 aliphatic carbocycles. The number of carbonyl (C=O) groups is 1. The lowest BCUT2D eigenvalue weighted by molar-refractivity contribution is -0.114. The van der Waals surface area contributed by atoms with Gasteiger partial charge in [0.05, 0.1) is 6.33 Å². The summed E-state index contributed by atoms with van der Waals surface area (Å²) in [5.41, 5.74) is 4.99. The lowest BCUT2D eigenvalue weighted by atomic mass is 10.2. The Hall–Kier alpha value is -1.12. The topological polar surface area (TPSA) is 43.1 Å². The number of rotatable bonds is 3. The zero-order valence-electron chi connectivity index (χ0n) is 4.93. The third kappa shape index (κ3) is 3.46. The molecule has 0 aliphatic rings. The van der Waals surface area contributed by atoms with E-state index in [1.54, 1.807) is 0 Å². The van der Waals surface area contributed by atoms with Crippen LogP contribution in [0.15, 0.2) is 24.6 Å². The smallest absolute Gasteiger partial charge is 0.244 e. The van der Waals surface area contributed by atoms with Gasteiger partial charge in [-0.05, 0) is 6.42 Å². The van der Waals surface area contributed by atoms with Crippen molar-refractivity contribution in [1.29, 1.82) is 0 Å². The van der Waals surface area contributed by atoms with Gasteiger partial charge in [0.15, 0.2) is 0 Å². The zero-order valence-corrected chi connectivity index (χ0v) is 4.93. The first-order valence-corrected chi connectivity index (χ1v) is 2.41. The Morgan fingerprint density at radius 2 is 2.33 bits per heavy atom. The molecule has 9 heavy (non-hydrogen) atoms. The van der Waals surface area contributed by atoms with Crippen molar-refractivity contribution in [3.05, 3.63) is 24.6 Å². The highest BCUT2D eigenvalue weighted by Crippen LogP contribution is 1.96. The van der Waals surface area contributed by atoms with Gasteiger partial charge < -0.3 is 5.73 Å². The molecule has 0 aromatic heterocycles. The van der Waals surface area contributed by atoms with Crippen LogP contribution in [0.25, 0.3) is 0 Å². The molecule has 0 bridgehead atoms. The van der Waals surface area contributed by atoms with E-state index in [2.05, 4.69) is 6.58 Å². The fourth-order valence-electron chi connectivity index (χ4n) is 0.287. The number of amides is 1. The van der Waals surface area contributed by atoms with E-state index < -0.39 is 5.91 Å². The predicted molar refractivity (Wildman–Crippen MR) is 33.2 cm³/mol. The van der Waals surface area contributed by atoms with E-state index in [9.17, 15) is 9.18 Å². The molecule has 1 amide bonds. The minimum absolute atomic E-state index is 0.186. The molecule has 0 unspecified atom stereocenters. The van der Waals surface area contributed by atoms with Gasteiger partial charge in [-0.15, -0.1) is 0 Å². The highest BCUT2D eigenvalue weighted by molar-refractivity contribution is 5.91. The van der Waals surface area contributed by atoms with Crippen LogP contribution >= 0.6 is 0 Å². The van der Waals surface area contributed by atoms with Gasteiger partial charge in [0.25, 0.3) is 0 Å². The average Bonchev–Trinajstić information content (AvgIpc) is 1.82. The second-order valence-corrected chi connectivity index (χ2v) is 1.53. The molecule has 0 rings (SSSR count). The van der Waals surface area contributed by atoms with Gasteiger partial charge in [-0.25, -0.2) is 4.39 Å². The summed E-state index contributed by atoms with van der Waals surface area (Å²) in [6.07, 6.45) is 1.72. The first-order chi connectivity index (χ1) is 4.18. The third-order valence-corrected chi connectivity index (χ3v) is 0.802. The van der Waals surface area contributed by atoms with E-state index >= 15 is 0 Å². The largest absolute Gasteiger partial charge is 0.366 e. The summed E-state index contributed by atoms with van der Waals surface area (Å²) in [7, 11) is 0. The molecule has 2 nitrogen and oxygen atoms in total. The Morgan fingerprint density at radius 1 is 1.78 bits per heavy atom. The van der Waals surface area contributed by atoms with Crippen LogP contribution in [0.2, 0.25) is 0 Å². The van der Waals surface area contributed by atoms with Crippen LogP contribution in [0.1, 0.15) is 6.42 Å². The molecule has 0 saturated heterocycles. The molecule has 50 valence electrons. The molecule has 0 heterocycles. The number of carbonyl (C=O) groups excluding carboxylic acids is 1. The number of hydrogen-bond donors (Lipinski definition) is 1. The van der Waals surface area contributed by atoms with E-state index in [1.807, 2.05) is 0 Å². The Bertz CT molecular complexity index is 151. The number of primary amides is 1. The second kappa shape index (κ2) is 3.83. The molecule has 3 heteroatoms. The van der Waals surface area contributed by atoms with Crippen molar-refractivity contribution in [2.24, 2.45) is 5.73 Å². The first-order valence-electron chi connectivity index (χ1n) is 2.41. The van der Waals surface area contributed by atoms with Crippen molar-refractivity contribution in [2.75, 3.05) is 0 Å². The van der Waals surface area contributed by atoms with Gasteiger partial charge in [0, 0.05) is 5.57 Å². The van der Waals surface area contributed by atoms with Crippen LogP contribution in [-0.4, -0.2) is 5.91 Å². The Kier molecular flexibility index (Phi) is 3.35. The fraction of sp³-hybridized carbons (Fsp3) is 0.167. The van der Waals surface area contributed by atoms with E-state index in [0.717, 1.165) is 0 Å². The van der Waals surface area contributed by atoms with Crippen LogP contribution in [-0.2, 0) is 4.79 Å². The van der Waals surface area contributed by atoms with Gasteiger partial charge in [0.1, 0.15) is 0 Å². The normalized spacial score (nSPS) is 9.89. The molecule has 0 saturated carbocycles. The van der Waals surface area contributed by atoms with E-state index in [1.165, 1.54) is 6.08 Å². The maximum Gasteiger partial charge on any atom is 0.244 e. The second-order valence-electron chi connectivity index (χ2n) is 1.53. The van der Waals surface area contributed by atoms with E-state index in [4.69, 9.17) is 5.73 Å². The Morgan fingerprint density at radius 3 is 2.67 bits per heavy atom. The van der Waals surface area contributed by atoms with Crippen molar-refractivity contribution in [3.63, 3.8) is 0 Å². The van der Waals surface area contributed by atoms with Crippen molar-refractivity contribution in [2.45, 2.75) is 6.42 Å². The van der Waals surface area contributed by atoms with Crippen LogP contribution in [0, 0.1) is 0 Å². The monoisotopic (exact) mass is 129 g/mol. The fourth-order valence-corrected chi connectivity index (χ4v) is 0.287. The molecular formula is C6H8FNO. The van der Waals surface area contributed by atoms with Crippen LogP contribution in [0.3, 0.4) is 0 Å². The molecule has 0 radical (unpaired) electrons. The summed E-state index contributed by atoms with van der Waals surface area (Å²) in [6, 6.07) is 0. The average molecular weight is 129 g/mol. The van der Waals surface area contributed by atoms with Gasteiger partial charge in [0.2, 0.25) is 5.91 Å². The standard InChI is InChI=1S/C6H8FNO/c1-5(6(8)9)3-2-4-7/h2,4H,1,3H2,(H2,8,9). The summed E-state index contributed by atoms with van der Waals surface area (Å²) in [6.45, 7) is 3.30. The van der Waals surface area contributed by atoms with Crippen LogP contribution < -0.4 is 5.73 Å². The SMILES string of the molecule is C=C(CC=CF)C(N)=O. The number of nitrogens with two attached hydrogens (primary N) is 1. The summed E-state index contributed by atoms with van der Waals surface area (Å²) >= 11 is 0. The predicted octanol–water partition coefficient (Wildman–Crippen LogP) is 0.901. The molecule has 0 fully saturated rings. The van der Waals surface area contributed by atoms with Crippen molar-refractivity contribution < 1.29 is 9.18 Å². The number of halogens is 1. The third-order valence-electron chi connectivity index (χ3n) is 0.802. The molecule has 0 atom stereocenters. The maximum absolute atomic E-state index is 11.2. The molecule has 0 aromatic rings. The molecular weight excluding hydrogens is 121 g/mol. The van der Waals surface area contributed by atoms with Gasteiger partial charge in [-0.3, -0.25) is 4.79 Å². The Balaban J connectivity index is 3.65. The highest BCUT2D eigenvalue weighted by Gasteiger charge is 1.96. The zero-order chi connectivity index (χ0) is 7.28. The maximum atomic E-state index is 11.2. The summed E-state index contributed by atoms with van der Waals surface area (Å²) < 4.78 is 11.2. The van der Waals surface area contributed by atoms with Crippen LogP contribution in [0.5, 0.6) is 0 Å².